The van der Waals surface area contributed by atoms with E-state index in [4.69, 9.17) is 0 Å². The van der Waals surface area contributed by atoms with Gasteiger partial charge in [-0.05, 0) is 31.9 Å². The second-order valence-corrected chi connectivity index (χ2v) is 7.59. The lowest BCUT2D eigenvalue weighted by Gasteiger charge is -2.31. The Morgan fingerprint density at radius 2 is 2.04 bits per heavy atom. The van der Waals surface area contributed by atoms with Gasteiger partial charge in [0.25, 0.3) is 0 Å². The summed E-state index contributed by atoms with van der Waals surface area (Å²) in [5.41, 5.74) is 1.15. The van der Waals surface area contributed by atoms with E-state index in [1.165, 1.54) is 10.4 Å². The molecule has 0 heterocycles. The molecule has 0 radical (unpaired) electrons. The van der Waals surface area contributed by atoms with Gasteiger partial charge in [0.05, 0.1) is 4.90 Å². The summed E-state index contributed by atoms with van der Waals surface area (Å²) in [4.78, 5) is -0.00448. The first-order valence-electron chi connectivity index (χ1n) is 7.59. The molecule has 1 aliphatic rings. The first kappa shape index (κ1) is 17.5. The van der Waals surface area contributed by atoms with E-state index in [-0.39, 0.29) is 22.1 Å². The largest absolute Gasteiger partial charge is 0.418 e. The van der Waals surface area contributed by atoms with Crippen LogP contribution >= 0.6 is 0 Å². The molecule has 0 spiro atoms. The van der Waals surface area contributed by atoms with E-state index < -0.39 is 16.1 Å². The fourth-order valence-corrected chi connectivity index (χ4v) is 4.49. The Morgan fingerprint density at radius 3 is 2.61 bits per heavy atom. The first-order chi connectivity index (χ1) is 10.9. The van der Waals surface area contributed by atoms with Crippen molar-refractivity contribution in [1.82, 2.24) is 4.31 Å². The average molecular weight is 338 g/mol. The van der Waals surface area contributed by atoms with Crippen molar-refractivity contribution in [3.63, 3.8) is 0 Å². The molecule has 2 rings (SSSR count). The minimum atomic E-state index is -3.78. The second-order valence-electron chi connectivity index (χ2n) is 5.70. The van der Waals surface area contributed by atoms with E-state index in [0.29, 0.717) is 12.8 Å². The fourth-order valence-electron chi connectivity index (χ4n) is 2.88. The lowest BCUT2D eigenvalue weighted by atomic mass is 9.93. The van der Waals surface area contributed by atoms with Crippen LogP contribution in [0.1, 0.15) is 31.2 Å². The molecule has 23 heavy (non-hydrogen) atoms. The summed E-state index contributed by atoms with van der Waals surface area (Å²) in [5.74, 6) is 0. The lowest BCUT2D eigenvalue weighted by Crippen LogP contribution is -2.48. The van der Waals surface area contributed by atoms with Gasteiger partial charge < -0.3 is 5.21 Å². The number of rotatable bonds is 5. The summed E-state index contributed by atoms with van der Waals surface area (Å²) >= 11 is 0. The number of hydrogen-bond acceptors (Lipinski definition) is 4. The van der Waals surface area contributed by atoms with Crippen molar-refractivity contribution >= 4 is 15.7 Å². The molecule has 1 aromatic rings. The Bertz CT molecular complexity index is 691. The Kier molecular flexibility index (Phi) is 5.43. The van der Waals surface area contributed by atoms with E-state index in [1.54, 1.807) is 24.3 Å². The van der Waals surface area contributed by atoms with Crippen LogP contribution in [-0.4, -0.2) is 41.1 Å². The monoisotopic (exact) mass is 338 g/mol. The van der Waals surface area contributed by atoms with Gasteiger partial charge in [-0.3, -0.25) is 5.21 Å². The Labute approximate surface area is 137 Å². The van der Waals surface area contributed by atoms with Crippen LogP contribution < -0.4 is 0 Å². The summed E-state index contributed by atoms with van der Waals surface area (Å²) in [6.07, 6.45) is 3.95. The molecule has 0 bridgehead atoms. The Morgan fingerprint density at radius 1 is 1.39 bits per heavy atom. The second kappa shape index (κ2) is 7.14. The summed E-state index contributed by atoms with van der Waals surface area (Å²) in [5, 5.41) is 20.7. The number of benzene rings is 1. The topological polar surface area (TPSA) is 83.7 Å². The fraction of sp³-hybridized carbons (Fsp3) is 0.438. The summed E-state index contributed by atoms with van der Waals surface area (Å²) in [6.45, 7) is 5.58. The number of sulfonamides is 1. The molecule has 1 unspecified atom stereocenters. The predicted molar refractivity (Wildman–Crippen MR) is 87.9 cm³/mol. The molecule has 1 aromatic carbocycles. The van der Waals surface area contributed by atoms with E-state index in [9.17, 15) is 18.8 Å². The number of hydrogen-bond donors (Lipinski definition) is 1. The van der Waals surface area contributed by atoms with Gasteiger partial charge in [-0.15, -0.1) is 6.58 Å². The maximum absolute atomic E-state index is 13.0. The van der Waals surface area contributed by atoms with Gasteiger partial charge in [0, 0.05) is 17.9 Å². The van der Waals surface area contributed by atoms with Crippen LogP contribution in [0.25, 0.3) is 0 Å². The predicted octanol–water partition coefficient (Wildman–Crippen LogP) is 2.45. The van der Waals surface area contributed by atoms with Crippen LogP contribution in [0.15, 0.2) is 41.8 Å². The molecule has 6 nitrogen and oxygen atoms in total. The first-order valence-corrected chi connectivity index (χ1v) is 9.03. The van der Waals surface area contributed by atoms with Crippen molar-refractivity contribution < 1.29 is 18.5 Å². The van der Waals surface area contributed by atoms with Crippen LogP contribution in [0.4, 0.5) is 0 Å². The molecule has 0 amide bonds. The van der Waals surface area contributed by atoms with E-state index in [0.717, 1.165) is 18.4 Å². The van der Waals surface area contributed by atoms with Crippen molar-refractivity contribution in [2.45, 2.75) is 43.5 Å². The Hall–Kier alpha value is -1.86. The van der Waals surface area contributed by atoms with E-state index in [2.05, 4.69) is 6.58 Å². The molecule has 0 saturated heterocycles. The number of nitrogens with zero attached hydrogens (tertiary/aromatic N) is 2. The molecular formula is C16H22N2O4S. The normalized spacial score (nSPS) is 21.2. The highest BCUT2D eigenvalue weighted by atomic mass is 32.2. The van der Waals surface area contributed by atoms with Crippen molar-refractivity contribution in [2.24, 2.45) is 0 Å². The third-order valence-corrected chi connectivity index (χ3v) is 5.96. The maximum atomic E-state index is 13.0. The zero-order chi connectivity index (χ0) is 17.0. The molecule has 0 aliphatic heterocycles. The van der Waals surface area contributed by atoms with Crippen molar-refractivity contribution in [3.05, 3.63) is 47.7 Å². The molecule has 7 heteroatoms. The zero-order valence-corrected chi connectivity index (χ0v) is 14.0. The van der Waals surface area contributed by atoms with Crippen LogP contribution in [0.5, 0.6) is 0 Å². The molecule has 1 fully saturated rings. The standard InChI is InChI=1S/C16H22N2O4S/c1-3-12-17(15-6-4-5-7-16(15)18(19)20)23(21,22)14-10-8-13(2)9-11-14/h3,8-11,15H,1,4-7,12H2,2H3,(H,19,20). The Balaban J connectivity index is 2.46. The summed E-state index contributed by atoms with van der Waals surface area (Å²) in [7, 11) is -3.78. The van der Waals surface area contributed by atoms with Gasteiger partial charge in [-0.1, -0.05) is 30.2 Å². The SMILES string of the molecule is C=CCN(C1CCCC/C1=[N+](\[O-])O)S(=O)(=O)c1ccc(C)cc1. The van der Waals surface area contributed by atoms with Gasteiger partial charge in [0.2, 0.25) is 15.7 Å². The molecule has 1 atom stereocenters. The number of aryl methyl sites for hydroxylation is 1. The quantitative estimate of drug-likeness (QED) is 0.387. The highest BCUT2D eigenvalue weighted by Crippen LogP contribution is 2.26. The zero-order valence-electron chi connectivity index (χ0n) is 13.2. The van der Waals surface area contributed by atoms with Gasteiger partial charge >= 0.3 is 0 Å². The minimum Gasteiger partial charge on any atom is -0.418 e. The van der Waals surface area contributed by atoms with Crippen LogP contribution in [0.3, 0.4) is 0 Å². The summed E-state index contributed by atoms with van der Waals surface area (Å²) in [6, 6.07) is 5.93. The van der Waals surface area contributed by atoms with Crippen molar-refractivity contribution in [1.29, 1.82) is 0 Å². The maximum Gasteiger partial charge on any atom is 0.244 e. The third kappa shape index (κ3) is 3.73. The smallest absolute Gasteiger partial charge is 0.244 e. The average Bonchev–Trinajstić information content (AvgIpc) is 2.53. The highest BCUT2D eigenvalue weighted by molar-refractivity contribution is 7.89. The lowest BCUT2D eigenvalue weighted by molar-refractivity contribution is -0.728. The van der Waals surface area contributed by atoms with Crippen LogP contribution in [0, 0.1) is 12.1 Å². The van der Waals surface area contributed by atoms with Gasteiger partial charge in [-0.2, -0.15) is 4.31 Å². The molecule has 1 N–H and O–H groups in total. The highest BCUT2D eigenvalue weighted by Gasteiger charge is 2.39. The van der Waals surface area contributed by atoms with Gasteiger partial charge in [-0.25, -0.2) is 8.42 Å². The minimum absolute atomic E-state index is 0.0816. The molecule has 0 aromatic heterocycles. The van der Waals surface area contributed by atoms with E-state index in [1.807, 2.05) is 6.92 Å². The van der Waals surface area contributed by atoms with Crippen molar-refractivity contribution in [3.8, 4) is 0 Å². The summed E-state index contributed by atoms with van der Waals surface area (Å²) < 4.78 is 27.2. The van der Waals surface area contributed by atoms with Gasteiger partial charge in [0.15, 0.2) is 0 Å². The third-order valence-electron chi connectivity index (χ3n) is 4.08. The van der Waals surface area contributed by atoms with Crippen LogP contribution in [0.2, 0.25) is 0 Å². The molecule has 1 saturated carbocycles. The van der Waals surface area contributed by atoms with Crippen LogP contribution in [-0.2, 0) is 10.0 Å². The van der Waals surface area contributed by atoms with E-state index >= 15 is 0 Å². The molecule has 126 valence electrons. The molecular weight excluding hydrogens is 316 g/mol. The van der Waals surface area contributed by atoms with Crippen molar-refractivity contribution in [2.75, 3.05) is 6.54 Å². The van der Waals surface area contributed by atoms with Gasteiger partial charge in [0.1, 0.15) is 6.04 Å². The molecule has 1 aliphatic carbocycles.